The lowest BCUT2D eigenvalue weighted by Gasteiger charge is -2.13. The number of nitrogens with zero attached hydrogens (tertiary/aromatic N) is 1. The summed E-state index contributed by atoms with van der Waals surface area (Å²) in [6.45, 7) is 6.28. The second-order valence-electron chi connectivity index (χ2n) is 6.98. The number of rotatable bonds is 8. The number of amides is 1. The highest BCUT2D eigenvalue weighted by Gasteiger charge is 2.09. The minimum Gasteiger partial charge on any atom is -0.438 e. The van der Waals surface area contributed by atoms with Crippen LogP contribution in [0.2, 0.25) is 0 Å². The molecule has 0 radical (unpaired) electrons. The summed E-state index contributed by atoms with van der Waals surface area (Å²) in [7, 11) is 0. The van der Waals surface area contributed by atoms with E-state index < -0.39 is 5.91 Å². The van der Waals surface area contributed by atoms with Crippen LogP contribution in [0.25, 0.3) is 10.8 Å². The third-order valence-corrected chi connectivity index (χ3v) is 4.42. The molecule has 2 aromatic carbocycles. The van der Waals surface area contributed by atoms with Crippen molar-refractivity contribution in [2.24, 2.45) is 11.7 Å². The van der Waals surface area contributed by atoms with E-state index in [4.69, 9.17) is 10.5 Å². The van der Waals surface area contributed by atoms with Crippen molar-refractivity contribution in [2.45, 2.75) is 26.8 Å². The predicted octanol–water partition coefficient (Wildman–Crippen LogP) is 4.26. The van der Waals surface area contributed by atoms with Crippen LogP contribution in [0.1, 0.15) is 36.2 Å². The highest BCUT2D eigenvalue weighted by molar-refractivity contribution is 5.92. The average Bonchev–Trinajstić information content (AvgIpc) is 2.67. The van der Waals surface area contributed by atoms with Crippen molar-refractivity contribution in [1.29, 1.82) is 0 Å². The molecule has 3 rings (SSSR count). The Morgan fingerprint density at radius 2 is 1.89 bits per heavy atom. The fraction of sp³-hybridized carbons (Fsp3) is 0.273. The second kappa shape index (κ2) is 8.64. The van der Waals surface area contributed by atoms with Crippen molar-refractivity contribution in [3.05, 3.63) is 65.9 Å². The van der Waals surface area contributed by atoms with E-state index in [1.165, 1.54) is 11.8 Å². The molecule has 1 aromatic heterocycles. The third kappa shape index (κ3) is 4.83. The lowest BCUT2D eigenvalue weighted by atomic mass is 10.0. The molecule has 0 spiro atoms. The van der Waals surface area contributed by atoms with Gasteiger partial charge < -0.3 is 15.8 Å². The van der Waals surface area contributed by atoms with Gasteiger partial charge in [-0.15, -0.1) is 0 Å². The van der Waals surface area contributed by atoms with Gasteiger partial charge in [-0.3, -0.25) is 4.79 Å². The molecule has 0 aliphatic heterocycles. The van der Waals surface area contributed by atoms with Crippen molar-refractivity contribution >= 4 is 16.7 Å². The van der Waals surface area contributed by atoms with Crippen LogP contribution in [0, 0.1) is 5.92 Å². The van der Waals surface area contributed by atoms with Gasteiger partial charge in [-0.2, -0.15) is 0 Å². The molecule has 3 aromatic rings. The number of hydrogen-bond donors (Lipinski definition) is 2. The Labute approximate surface area is 159 Å². The molecule has 0 saturated carbocycles. The maximum absolute atomic E-state index is 11.2. The lowest BCUT2D eigenvalue weighted by Crippen LogP contribution is -2.16. The molecule has 5 nitrogen and oxygen atoms in total. The number of nitrogens with one attached hydrogen (secondary N) is 1. The number of carbonyl (C=O) groups is 1. The van der Waals surface area contributed by atoms with Crippen LogP contribution in [-0.4, -0.2) is 17.4 Å². The number of aromatic nitrogens is 1. The molecule has 0 aliphatic rings. The van der Waals surface area contributed by atoms with E-state index in [1.807, 2.05) is 24.3 Å². The molecular weight excluding hydrogens is 338 g/mol. The summed E-state index contributed by atoms with van der Waals surface area (Å²) in [4.78, 5) is 15.3. The zero-order valence-electron chi connectivity index (χ0n) is 15.7. The summed E-state index contributed by atoms with van der Waals surface area (Å²) in [5, 5.41) is 5.70. The van der Waals surface area contributed by atoms with E-state index in [0.717, 1.165) is 36.0 Å². The summed E-state index contributed by atoms with van der Waals surface area (Å²) >= 11 is 0. The fourth-order valence-electron chi connectivity index (χ4n) is 2.89. The Bertz CT molecular complexity index is 920. The minimum absolute atomic E-state index is 0.357. The van der Waals surface area contributed by atoms with E-state index >= 15 is 0 Å². The number of hydrogen-bond acceptors (Lipinski definition) is 4. The van der Waals surface area contributed by atoms with Gasteiger partial charge in [0.05, 0.1) is 5.56 Å². The molecule has 1 amide bonds. The average molecular weight is 363 g/mol. The van der Waals surface area contributed by atoms with Crippen LogP contribution in [0.5, 0.6) is 11.6 Å². The maximum atomic E-state index is 11.2. The Kier molecular flexibility index (Phi) is 6.04. The van der Waals surface area contributed by atoms with Gasteiger partial charge in [-0.1, -0.05) is 44.2 Å². The van der Waals surface area contributed by atoms with E-state index in [9.17, 15) is 4.79 Å². The number of fused-ring (bicyclic) bond motifs is 1. The first kappa shape index (κ1) is 18.9. The zero-order valence-corrected chi connectivity index (χ0v) is 15.7. The molecule has 0 unspecified atom stereocenters. The van der Waals surface area contributed by atoms with Gasteiger partial charge in [0.15, 0.2) is 0 Å². The molecule has 3 N–H and O–H groups in total. The van der Waals surface area contributed by atoms with Gasteiger partial charge in [-0.05, 0) is 42.0 Å². The first-order valence-electron chi connectivity index (χ1n) is 9.19. The van der Waals surface area contributed by atoms with E-state index in [0.29, 0.717) is 17.4 Å². The third-order valence-electron chi connectivity index (χ3n) is 4.42. The van der Waals surface area contributed by atoms with Crippen LogP contribution >= 0.6 is 0 Å². The molecule has 5 heteroatoms. The number of pyridine rings is 1. The SMILES string of the molecule is CC(C)CCNCc1ccc(Oc2ccc(C(N)=O)cn2)c2ccccc12. The topological polar surface area (TPSA) is 77.2 Å². The quantitative estimate of drug-likeness (QED) is 0.586. The molecule has 27 heavy (non-hydrogen) atoms. The molecule has 0 fully saturated rings. The minimum atomic E-state index is -0.506. The smallest absolute Gasteiger partial charge is 0.250 e. The van der Waals surface area contributed by atoms with Gasteiger partial charge in [0.1, 0.15) is 5.75 Å². The molecule has 0 atom stereocenters. The number of primary amides is 1. The van der Waals surface area contributed by atoms with Crippen LogP contribution < -0.4 is 15.8 Å². The Morgan fingerprint density at radius 3 is 2.56 bits per heavy atom. The summed E-state index contributed by atoms with van der Waals surface area (Å²) in [6.07, 6.45) is 2.58. The van der Waals surface area contributed by atoms with Crippen LogP contribution in [-0.2, 0) is 6.54 Å². The van der Waals surface area contributed by atoms with Crippen molar-refractivity contribution in [3.63, 3.8) is 0 Å². The fourth-order valence-corrected chi connectivity index (χ4v) is 2.89. The highest BCUT2D eigenvalue weighted by Crippen LogP contribution is 2.31. The summed E-state index contributed by atoms with van der Waals surface area (Å²) < 4.78 is 5.95. The monoisotopic (exact) mass is 363 g/mol. The molecule has 140 valence electrons. The maximum Gasteiger partial charge on any atom is 0.250 e. The lowest BCUT2D eigenvalue weighted by molar-refractivity contribution is 0.1000. The van der Waals surface area contributed by atoms with Crippen LogP contribution in [0.15, 0.2) is 54.7 Å². The van der Waals surface area contributed by atoms with Crippen LogP contribution in [0.3, 0.4) is 0 Å². The van der Waals surface area contributed by atoms with Crippen LogP contribution in [0.4, 0.5) is 0 Å². The normalized spacial score (nSPS) is 11.1. The van der Waals surface area contributed by atoms with Gasteiger partial charge in [0.25, 0.3) is 0 Å². The molecule has 0 aliphatic carbocycles. The first-order chi connectivity index (χ1) is 13.0. The highest BCUT2D eigenvalue weighted by atomic mass is 16.5. The van der Waals surface area contributed by atoms with Gasteiger partial charge in [0, 0.05) is 24.2 Å². The first-order valence-corrected chi connectivity index (χ1v) is 9.19. The van der Waals surface area contributed by atoms with Crippen molar-refractivity contribution in [1.82, 2.24) is 10.3 Å². The van der Waals surface area contributed by atoms with Gasteiger partial charge >= 0.3 is 0 Å². The molecular formula is C22H25N3O2. The van der Waals surface area contributed by atoms with Crippen molar-refractivity contribution in [2.75, 3.05) is 6.54 Å². The number of ether oxygens (including phenoxy) is 1. The number of carbonyl (C=O) groups excluding carboxylic acids is 1. The predicted molar refractivity (Wildman–Crippen MR) is 108 cm³/mol. The second-order valence-corrected chi connectivity index (χ2v) is 6.98. The molecule has 0 saturated heterocycles. The van der Waals surface area contributed by atoms with E-state index in [-0.39, 0.29) is 0 Å². The Hall–Kier alpha value is -2.92. The summed E-state index contributed by atoms with van der Waals surface area (Å²) in [5.74, 6) is 1.34. The molecule has 1 heterocycles. The standard InChI is InChI=1S/C22H25N3O2/c1-15(2)11-12-24-13-16-7-9-20(19-6-4-3-5-18(16)19)27-21-10-8-17(14-25-21)22(23)26/h3-10,14-15,24H,11-13H2,1-2H3,(H2,23,26). The van der Waals surface area contributed by atoms with Gasteiger partial charge in [0.2, 0.25) is 11.8 Å². The Balaban J connectivity index is 1.80. The number of nitrogens with two attached hydrogens (primary N) is 1. The van der Waals surface area contributed by atoms with Crippen molar-refractivity contribution in [3.8, 4) is 11.6 Å². The van der Waals surface area contributed by atoms with Crippen molar-refractivity contribution < 1.29 is 9.53 Å². The van der Waals surface area contributed by atoms with E-state index in [2.05, 4.69) is 36.3 Å². The summed E-state index contributed by atoms with van der Waals surface area (Å²) in [5.41, 5.74) is 6.84. The Morgan fingerprint density at radius 1 is 1.11 bits per heavy atom. The zero-order chi connectivity index (χ0) is 19.2. The summed E-state index contributed by atoms with van der Waals surface area (Å²) in [6, 6.07) is 15.5. The number of benzene rings is 2. The van der Waals surface area contributed by atoms with E-state index in [1.54, 1.807) is 12.1 Å². The molecule has 0 bridgehead atoms. The largest absolute Gasteiger partial charge is 0.438 e. The van der Waals surface area contributed by atoms with Gasteiger partial charge in [-0.25, -0.2) is 4.98 Å².